The van der Waals surface area contributed by atoms with Crippen molar-refractivity contribution in [2.24, 2.45) is 5.73 Å². The molecular formula is C17H21ClN2O2S. The summed E-state index contributed by atoms with van der Waals surface area (Å²) in [5, 5.41) is 0. The number of hydrogen-bond acceptors (Lipinski definition) is 3. The van der Waals surface area contributed by atoms with Gasteiger partial charge in [0.25, 0.3) is 0 Å². The fourth-order valence-electron chi connectivity index (χ4n) is 2.73. The van der Waals surface area contributed by atoms with Crippen molar-refractivity contribution in [3.63, 3.8) is 0 Å². The van der Waals surface area contributed by atoms with E-state index in [4.69, 9.17) is 5.73 Å². The van der Waals surface area contributed by atoms with Crippen LogP contribution in [-0.2, 0) is 10.0 Å². The molecule has 0 aromatic heterocycles. The largest absolute Gasteiger partial charge is 0.328 e. The van der Waals surface area contributed by atoms with E-state index in [1.165, 1.54) is 0 Å². The SMILES string of the molecule is Cl.NC1CCN(S(=O)(=O)c2cccc(-c3ccccc3)c2)CC1. The standard InChI is InChI=1S/C17H20N2O2S.ClH/c18-16-9-11-19(12-10-16)22(20,21)17-8-4-7-15(13-17)14-5-2-1-3-6-14;/h1-8,13,16H,9-12,18H2;1H. The number of benzene rings is 2. The van der Waals surface area contributed by atoms with Gasteiger partial charge in [0.05, 0.1) is 4.90 Å². The molecule has 0 amide bonds. The molecule has 1 saturated heterocycles. The summed E-state index contributed by atoms with van der Waals surface area (Å²) in [7, 11) is -3.44. The maximum absolute atomic E-state index is 12.8. The molecule has 4 nitrogen and oxygen atoms in total. The third-order valence-corrected chi connectivity index (χ3v) is 5.97. The van der Waals surface area contributed by atoms with Crippen LogP contribution in [0.4, 0.5) is 0 Å². The van der Waals surface area contributed by atoms with Gasteiger partial charge in [0.1, 0.15) is 0 Å². The molecule has 0 saturated carbocycles. The fraction of sp³-hybridized carbons (Fsp3) is 0.294. The molecule has 124 valence electrons. The number of sulfonamides is 1. The molecule has 1 aliphatic heterocycles. The summed E-state index contributed by atoms with van der Waals surface area (Å²) in [6, 6.07) is 17.0. The van der Waals surface area contributed by atoms with E-state index in [9.17, 15) is 8.42 Å². The number of nitrogens with zero attached hydrogens (tertiary/aromatic N) is 1. The van der Waals surface area contributed by atoms with E-state index in [0.29, 0.717) is 18.0 Å². The summed E-state index contributed by atoms with van der Waals surface area (Å²) in [6.07, 6.45) is 1.44. The first-order valence-electron chi connectivity index (χ1n) is 7.48. The lowest BCUT2D eigenvalue weighted by atomic mass is 10.1. The van der Waals surface area contributed by atoms with Crippen molar-refractivity contribution in [3.05, 3.63) is 54.6 Å². The average molecular weight is 353 g/mol. The molecule has 1 fully saturated rings. The Morgan fingerprint density at radius 3 is 2.17 bits per heavy atom. The van der Waals surface area contributed by atoms with Crippen molar-refractivity contribution in [1.29, 1.82) is 0 Å². The Hall–Kier alpha value is -1.40. The van der Waals surface area contributed by atoms with Gasteiger partial charge < -0.3 is 5.73 Å². The van der Waals surface area contributed by atoms with E-state index in [-0.39, 0.29) is 18.4 Å². The summed E-state index contributed by atoms with van der Waals surface area (Å²) in [4.78, 5) is 0.351. The smallest absolute Gasteiger partial charge is 0.243 e. The van der Waals surface area contributed by atoms with E-state index >= 15 is 0 Å². The number of piperidine rings is 1. The van der Waals surface area contributed by atoms with Gasteiger partial charge in [-0.1, -0.05) is 42.5 Å². The van der Waals surface area contributed by atoms with Crippen molar-refractivity contribution >= 4 is 22.4 Å². The first-order valence-corrected chi connectivity index (χ1v) is 8.92. The quantitative estimate of drug-likeness (QED) is 0.923. The van der Waals surface area contributed by atoms with Gasteiger partial charge >= 0.3 is 0 Å². The third-order valence-electron chi connectivity index (χ3n) is 4.08. The van der Waals surface area contributed by atoms with E-state index in [2.05, 4.69) is 0 Å². The van der Waals surface area contributed by atoms with Crippen LogP contribution in [0.5, 0.6) is 0 Å². The Morgan fingerprint density at radius 2 is 1.52 bits per heavy atom. The zero-order valence-corrected chi connectivity index (χ0v) is 14.4. The minimum Gasteiger partial charge on any atom is -0.328 e. The first-order chi connectivity index (χ1) is 10.6. The van der Waals surface area contributed by atoms with Crippen molar-refractivity contribution in [3.8, 4) is 11.1 Å². The molecule has 2 aromatic rings. The molecule has 0 bridgehead atoms. The van der Waals surface area contributed by atoms with Gasteiger partial charge in [-0.25, -0.2) is 8.42 Å². The second-order valence-electron chi connectivity index (χ2n) is 5.64. The van der Waals surface area contributed by atoms with Gasteiger partial charge in [-0.3, -0.25) is 0 Å². The maximum Gasteiger partial charge on any atom is 0.243 e. The van der Waals surface area contributed by atoms with Crippen LogP contribution >= 0.6 is 12.4 Å². The zero-order chi connectivity index (χ0) is 15.6. The van der Waals surface area contributed by atoms with Crippen LogP contribution in [-0.4, -0.2) is 31.9 Å². The number of rotatable bonds is 3. The molecule has 0 spiro atoms. The van der Waals surface area contributed by atoms with Crippen LogP contribution in [0.2, 0.25) is 0 Å². The maximum atomic E-state index is 12.8. The van der Waals surface area contributed by atoms with E-state index < -0.39 is 10.0 Å². The van der Waals surface area contributed by atoms with Gasteiger partial charge in [0.15, 0.2) is 0 Å². The summed E-state index contributed by atoms with van der Waals surface area (Å²) < 4.78 is 27.1. The van der Waals surface area contributed by atoms with Crippen LogP contribution in [0.25, 0.3) is 11.1 Å². The zero-order valence-electron chi connectivity index (χ0n) is 12.8. The normalized spacial score (nSPS) is 16.7. The third kappa shape index (κ3) is 3.93. The fourth-order valence-corrected chi connectivity index (χ4v) is 4.25. The van der Waals surface area contributed by atoms with Crippen LogP contribution in [0.3, 0.4) is 0 Å². The molecule has 0 aliphatic carbocycles. The highest BCUT2D eigenvalue weighted by Gasteiger charge is 2.28. The van der Waals surface area contributed by atoms with Crippen molar-refractivity contribution in [1.82, 2.24) is 4.31 Å². The molecule has 23 heavy (non-hydrogen) atoms. The minimum absolute atomic E-state index is 0. The van der Waals surface area contributed by atoms with Gasteiger partial charge in [0, 0.05) is 19.1 Å². The molecule has 0 radical (unpaired) electrons. The van der Waals surface area contributed by atoms with Crippen molar-refractivity contribution < 1.29 is 8.42 Å². The Balaban J connectivity index is 0.00000192. The monoisotopic (exact) mass is 352 g/mol. The summed E-state index contributed by atoms with van der Waals surface area (Å²) in [5.74, 6) is 0. The summed E-state index contributed by atoms with van der Waals surface area (Å²) >= 11 is 0. The van der Waals surface area contributed by atoms with Gasteiger partial charge in [-0.15, -0.1) is 12.4 Å². The first kappa shape index (κ1) is 17.9. The molecule has 0 atom stereocenters. The molecular weight excluding hydrogens is 332 g/mol. The molecule has 3 rings (SSSR count). The lowest BCUT2D eigenvalue weighted by Crippen LogP contribution is -2.42. The molecule has 2 aromatic carbocycles. The summed E-state index contributed by atoms with van der Waals surface area (Å²) in [5.41, 5.74) is 7.78. The lowest BCUT2D eigenvalue weighted by Gasteiger charge is -2.29. The number of halogens is 1. The molecule has 1 aliphatic rings. The topological polar surface area (TPSA) is 63.4 Å². The van der Waals surface area contributed by atoms with Crippen molar-refractivity contribution in [2.45, 2.75) is 23.8 Å². The van der Waals surface area contributed by atoms with Gasteiger partial charge in [-0.2, -0.15) is 4.31 Å². The molecule has 0 unspecified atom stereocenters. The average Bonchev–Trinajstić information content (AvgIpc) is 2.56. The Labute approximate surface area is 143 Å². The highest BCUT2D eigenvalue weighted by Crippen LogP contribution is 2.25. The van der Waals surface area contributed by atoms with Crippen molar-refractivity contribution in [2.75, 3.05) is 13.1 Å². The van der Waals surface area contributed by atoms with Gasteiger partial charge in [-0.05, 0) is 36.1 Å². The van der Waals surface area contributed by atoms with Crippen LogP contribution < -0.4 is 5.73 Å². The van der Waals surface area contributed by atoms with Crippen LogP contribution in [0, 0.1) is 0 Å². The Bertz CT molecular complexity index is 742. The highest BCUT2D eigenvalue weighted by molar-refractivity contribution is 7.89. The van der Waals surface area contributed by atoms with E-state index in [1.807, 2.05) is 36.4 Å². The Kier molecular flexibility index (Phi) is 5.81. The van der Waals surface area contributed by atoms with Crippen LogP contribution in [0.1, 0.15) is 12.8 Å². The second-order valence-corrected chi connectivity index (χ2v) is 7.57. The minimum atomic E-state index is -3.44. The lowest BCUT2D eigenvalue weighted by molar-refractivity contribution is 0.320. The van der Waals surface area contributed by atoms with E-state index in [0.717, 1.165) is 24.0 Å². The predicted molar refractivity (Wildman–Crippen MR) is 95.1 cm³/mol. The highest BCUT2D eigenvalue weighted by atomic mass is 35.5. The molecule has 1 heterocycles. The second kappa shape index (κ2) is 7.45. The van der Waals surface area contributed by atoms with E-state index in [1.54, 1.807) is 22.5 Å². The number of hydrogen-bond donors (Lipinski definition) is 1. The predicted octanol–water partition coefficient (Wildman–Crippen LogP) is 2.89. The van der Waals surface area contributed by atoms with Crippen LogP contribution in [0.15, 0.2) is 59.5 Å². The molecule has 6 heteroatoms. The molecule has 2 N–H and O–H groups in total. The number of nitrogens with two attached hydrogens (primary N) is 1. The Morgan fingerprint density at radius 1 is 0.913 bits per heavy atom. The van der Waals surface area contributed by atoms with Gasteiger partial charge in [0.2, 0.25) is 10.0 Å². The summed E-state index contributed by atoms with van der Waals surface area (Å²) in [6.45, 7) is 0.998.